The van der Waals surface area contributed by atoms with Crippen molar-refractivity contribution in [3.63, 3.8) is 0 Å². The molecule has 2 aliphatic rings. The summed E-state index contributed by atoms with van der Waals surface area (Å²) < 4.78 is 5.62. The van der Waals surface area contributed by atoms with Crippen LogP contribution in [0.2, 0.25) is 0 Å². The lowest BCUT2D eigenvalue weighted by molar-refractivity contribution is -0.120. The summed E-state index contributed by atoms with van der Waals surface area (Å²) >= 11 is 1.33. The molecule has 2 aromatic carbocycles. The number of aryl methyl sites for hydroxylation is 1. The molecule has 1 N–H and O–H groups in total. The number of rotatable bonds is 3. The SMILES string of the molecule is CCc1ccc(N2C(=O)C3=C(C2=O)C(c2ccco2)Nc2ccccc2S3)cc1. The maximum absolute atomic E-state index is 13.5. The highest BCUT2D eigenvalue weighted by Gasteiger charge is 2.45. The van der Waals surface area contributed by atoms with Crippen molar-refractivity contribution in [1.82, 2.24) is 0 Å². The van der Waals surface area contributed by atoms with E-state index in [9.17, 15) is 9.59 Å². The number of amides is 2. The number of hydrogen-bond acceptors (Lipinski definition) is 5. The molecule has 0 saturated heterocycles. The number of hydrogen-bond donors (Lipinski definition) is 1. The van der Waals surface area contributed by atoms with Gasteiger partial charge in [-0.25, -0.2) is 4.90 Å². The molecule has 0 fully saturated rings. The van der Waals surface area contributed by atoms with Gasteiger partial charge in [-0.15, -0.1) is 0 Å². The van der Waals surface area contributed by atoms with Gasteiger partial charge in [0.05, 0.1) is 22.4 Å². The minimum atomic E-state index is -0.535. The molecule has 2 aliphatic heterocycles. The van der Waals surface area contributed by atoms with Gasteiger partial charge in [0.2, 0.25) is 0 Å². The largest absolute Gasteiger partial charge is 0.467 e. The Balaban J connectivity index is 1.62. The van der Waals surface area contributed by atoms with Gasteiger partial charge in [-0.2, -0.15) is 0 Å². The van der Waals surface area contributed by atoms with Crippen LogP contribution in [0, 0.1) is 0 Å². The first-order valence-electron chi connectivity index (χ1n) is 9.46. The molecule has 1 unspecified atom stereocenters. The Morgan fingerprint density at radius 1 is 1.00 bits per heavy atom. The number of carbonyl (C=O) groups excluding carboxylic acids is 2. The second-order valence-corrected chi connectivity index (χ2v) is 7.95. The lowest BCUT2D eigenvalue weighted by Crippen LogP contribution is -2.33. The van der Waals surface area contributed by atoms with Gasteiger partial charge in [0.15, 0.2) is 0 Å². The van der Waals surface area contributed by atoms with Gasteiger partial charge in [0, 0.05) is 10.6 Å². The van der Waals surface area contributed by atoms with E-state index in [1.165, 1.54) is 16.7 Å². The molecule has 5 nitrogen and oxygen atoms in total. The predicted octanol–water partition coefficient (Wildman–Crippen LogP) is 4.93. The summed E-state index contributed by atoms with van der Waals surface area (Å²) in [7, 11) is 0. The van der Waals surface area contributed by atoms with E-state index in [0.29, 0.717) is 21.9 Å². The quantitative estimate of drug-likeness (QED) is 0.630. The van der Waals surface area contributed by atoms with E-state index in [1.54, 1.807) is 12.3 Å². The molecule has 1 atom stereocenters. The fourth-order valence-electron chi connectivity index (χ4n) is 3.68. The van der Waals surface area contributed by atoms with Crippen LogP contribution in [-0.4, -0.2) is 11.8 Å². The number of benzene rings is 2. The molecule has 0 spiro atoms. The number of fused-ring (bicyclic) bond motifs is 1. The second kappa shape index (κ2) is 6.97. The van der Waals surface area contributed by atoms with E-state index in [0.717, 1.165) is 22.6 Å². The van der Waals surface area contributed by atoms with Gasteiger partial charge in [-0.3, -0.25) is 9.59 Å². The van der Waals surface area contributed by atoms with Crippen molar-refractivity contribution in [2.75, 3.05) is 10.2 Å². The van der Waals surface area contributed by atoms with Crippen molar-refractivity contribution in [2.24, 2.45) is 0 Å². The van der Waals surface area contributed by atoms with Gasteiger partial charge in [0.1, 0.15) is 11.8 Å². The molecule has 3 heterocycles. The highest BCUT2D eigenvalue weighted by Crippen LogP contribution is 2.48. The molecule has 0 radical (unpaired) electrons. The molecule has 0 bridgehead atoms. The maximum Gasteiger partial charge on any atom is 0.272 e. The first-order chi connectivity index (χ1) is 14.2. The van der Waals surface area contributed by atoms with Gasteiger partial charge in [-0.05, 0) is 48.4 Å². The number of carbonyl (C=O) groups is 2. The Hall–Kier alpha value is -3.25. The molecule has 5 rings (SSSR count). The topological polar surface area (TPSA) is 62.6 Å². The summed E-state index contributed by atoms with van der Waals surface area (Å²) in [5, 5.41) is 3.40. The number of thioether (sulfide) groups is 1. The predicted molar refractivity (Wildman–Crippen MR) is 113 cm³/mol. The Bertz CT molecular complexity index is 1130. The van der Waals surface area contributed by atoms with Crippen LogP contribution in [0.15, 0.2) is 86.7 Å². The third-order valence-electron chi connectivity index (χ3n) is 5.19. The lowest BCUT2D eigenvalue weighted by atomic mass is 10.0. The van der Waals surface area contributed by atoms with Crippen molar-refractivity contribution in [1.29, 1.82) is 0 Å². The van der Waals surface area contributed by atoms with Crippen LogP contribution in [0.4, 0.5) is 11.4 Å². The molecule has 144 valence electrons. The van der Waals surface area contributed by atoms with Crippen LogP contribution >= 0.6 is 11.8 Å². The zero-order valence-electron chi connectivity index (χ0n) is 15.7. The van der Waals surface area contributed by atoms with E-state index in [-0.39, 0.29) is 11.8 Å². The highest BCUT2D eigenvalue weighted by molar-refractivity contribution is 8.04. The van der Waals surface area contributed by atoms with Crippen LogP contribution < -0.4 is 10.2 Å². The van der Waals surface area contributed by atoms with E-state index in [2.05, 4.69) is 12.2 Å². The molecular formula is C23H18N2O3S. The lowest BCUT2D eigenvalue weighted by Gasteiger charge is -2.21. The van der Waals surface area contributed by atoms with Crippen molar-refractivity contribution < 1.29 is 14.0 Å². The summed E-state index contributed by atoms with van der Waals surface area (Å²) in [6.45, 7) is 2.07. The average Bonchev–Trinajstić information content (AvgIpc) is 3.31. The molecule has 0 aliphatic carbocycles. The molecule has 3 aromatic rings. The van der Waals surface area contributed by atoms with Crippen LogP contribution in [0.5, 0.6) is 0 Å². The Labute approximate surface area is 172 Å². The van der Waals surface area contributed by atoms with Crippen LogP contribution in [0.3, 0.4) is 0 Å². The summed E-state index contributed by atoms with van der Waals surface area (Å²) in [6, 6.07) is 18.3. The molecule has 6 heteroatoms. The van der Waals surface area contributed by atoms with Gasteiger partial charge >= 0.3 is 0 Å². The Morgan fingerprint density at radius 3 is 2.52 bits per heavy atom. The number of nitrogens with one attached hydrogen (secondary N) is 1. The minimum absolute atomic E-state index is 0.297. The Kier molecular flexibility index (Phi) is 4.28. The number of furan rings is 1. The number of anilines is 2. The van der Waals surface area contributed by atoms with E-state index < -0.39 is 6.04 Å². The first-order valence-corrected chi connectivity index (χ1v) is 10.3. The average molecular weight is 402 g/mol. The van der Waals surface area contributed by atoms with Crippen molar-refractivity contribution in [3.05, 3.63) is 88.7 Å². The van der Waals surface area contributed by atoms with E-state index in [4.69, 9.17) is 4.42 Å². The zero-order chi connectivity index (χ0) is 20.0. The molecule has 2 amide bonds. The van der Waals surface area contributed by atoms with Crippen LogP contribution in [-0.2, 0) is 16.0 Å². The summed E-state index contributed by atoms with van der Waals surface area (Å²) in [4.78, 5) is 29.4. The van der Waals surface area contributed by atoms with Crippen molar-refractivity contribution >= 4 is 35.0 Å². The van der Waals surface area contributed by atoms with Crippen molar-refractivity contribution in [3.8, 4) is 0 Å². The standard InChI is InChI=1S/C23H18N2O3S/c1-2-14-9-11-15(12-10-14)25-22(26)19-20(17-7-5-13-28-17)24-16-6-3-4-8-18(16)29-21(19)23(25)27/h3-13,20,24H,2H2,1H3. The summed E-state index contributed by atoms with van der Waals surface area (Å²) in [6.07, 6.45) is 2.47. The first kappa shape index (κ1) is 17.8. The molecular weight excluding hydrogens is 384 g/mol. The van der Waals surface area contributed by atoms with Gasteiger partial charge in [0.25, 0.3) is 11.8 Å². The molecule has 1 aromatic heterocycles. The highest BCUT2D eigenvalue weighted by atomic mass is 32.2. The monoisotopic (exact) mass is 402 g/mol. The number of para-hydroxylation sites is 1. The van der Waals surface area contributed by atoms with E-state index in [1.807, 2.05) is 54.6 Å². The fraction of sp³-hybridized carbons (Fsp3) is 0.130. The zero-order valence-corrected chi connectivity index (χ0v) is 16.5. The minimum Gasteiger partial charge on any atom is -0.467 e. The number of imide groups is 1. The smallest absolute Gasteiger partial charge is 0.272 e. The maximum atomic E-state index is 13.5. The third-order valence-corrected chi connectivity index (χ3v) is 6.37. The summed E-state index contributed by atoms with van der Waals surface area (Å²) in [5.41, 5.74) is 3.02. The fourth-order valence-corrected chi connectivity index (χ4v) is 4.77. The van der Waals surface area contributed by atoms with E-state index >= 15 is 0 Å². The van der Waals surface area contributed by atoms with Crippen molar-refractivity contribution in [2.45, 2.75) is 24.3 Å². The normalized spacial score (nSPS) is 18.4. The summed E-state index contributed by atoms with van der Waals surface area (Å²) in [5.74, 6) is -0.0168. The molecule has 29 heavy (non-hydrogen) atoms. The third kappa shape index (κ3) is 2.87. The Morgan fingerprint density at radius 2 is 1.79 bits per heavy atom. The second-order valence-electron chi connectivity index (χ2n) is 6.90. The van der Waals surface area contributed by atoms with Gasteiger partial charge < -0.3 is 9.73 Å². The number of nitrogens with zero attached hydrogens (tertiary/aromatic N) is 1. The van der Waals surface area contributed by atoms with Crippen LogP contribution in [0.1, 0.15) is 24.3 Å². The van der Waals surface area contributed by atoms with Gasteiger partial charge in [-0.1, -0.05) is 43.0 Å². The van der Waals surface area contributed by atoms with Crippen LogP contribution in [0.25, 0.3) is 0 Å². The molecule has 0 saturated carbocycles.